The Morgan fingerprint density at radius 2 is 2.33 bits per heavy atom. The highest BCUT2D eigenvalue weighted by molar-refractivity contribution is 7.07. The third-order valence-electron chi connectivity index (χ3n) is 4.22. The monoisotopic (exact) mass is 269 g/mol. The average Bonchev–Trinajstić information content (AvgIpc) is 2.82. The summed E-state index contributed by atoms with van der Waals surface area (Å²) in [7, 11) is 0. The van der Waals surface area contributed by atoms with E-state index in [1.54, 1.807) is 11.3 Å². The first-order chi connectivity index (χ1) is 8.49. The summed E-state index contributed by atoms with van der Waals surface area (Å²) in [5.74, 6) is 0. The van der Waals surface area contributed by atoms with Crippen LogP contribution in [0.2, 0.25) is 0 Å². The molecule has 0 radical (unpaired) electrons. The normalized spacial score (nSPS) is 30.1. The molecule has 4 heteroatoms. The minimum atomic E-state index is -0.650. The average molecular weight is 269 g/mol. The Morgan fingerprint density at radius 1 is 1.56 bits per heavy atom. The highest BCUT2D eigenvalue weighted by Crippen LogP contribution is 2.50. The van der Waals surface area contributed by atoms with E-state index in [2.05, 4.69) is 36.0 Å². The molecule has 1 aliphatic rings. The SMILES string of the molecule is CCO[C@@H]1C[C@](O)(CNCc2ccsc2)C1(C)C. The number of thiophene rings is 1. The van der Waals surface area contributed by atoms with Crippen LogP contribution in [0.5, 0.6) is 0 Å². The lowest BCUT2D eigenvalue weighted by molar-refractivity contribution is -0.238. The molecule has 2 N–H and O–H groups in total. The molecule has 18 heavy (non-hydrogen) atoms. The number of aliphatic hydroxyl groups is 1. The number of ether oxygens (including phenoxy) is 1. The van der Waals surface area contributed by atoms with E-state index in [9.17, 15) is 5.11 Å². The van der Waals surface area contributed by atoms with Gasteiger partial charge < -0.3 is 15.2 Å². The summed E-state index contributed by atoms with van der Waals surface area (Å²) in [5, 5.41) is 18.2. The van der Waals surface area contributed by atoms with Gasteiger partial charge in [0.1, 0.15) is 0 Å². The van der Waals surface area contributed by atoms with Crippen molar-refractivity contribution in [2.45, 2.75) is 45.4 Å². The molecule has 2 atom stereocenters. The van der Waals surface area contributed by atoms with Gasteiger partial charge in [0, 0.05) is 31.5 Å². The number of hydrogen-bond acceptors (Lipinski definition) is 4. The van der Waals surface area contributed by atoms with Crippen LogP contribution in [0.3, 0.4) is 0 Å². The molecule has 1 saturated carbocycles. The van der Waals surface area contributed by atoms with E-state index in [0.29, 0.717) is 13.2 Å². The van der Waals surface area contributed by atoms with Crippen LogP contribution in [0, 0.1) is 5.41 Å². The Kier molecular flexibility index (Phi) is 4.11. The molecular weight excluding hydrogens is 246 g/mol. The third-order valence-corrected chi connectivity index (χ3v) is 4.95. The van der Waals surface area contributed by atoms with Gasteiger partial charge >= 0.3 is 0 Å². The fraction of sp³-hybridized carbons (Fsp3) is 0.714. The van der Waals surface area contributed by atoms with E-state index in [1.807, 2.05) is 6.92 Å². The van der Waals surface area contributed by atoms with E-state index >= 15 is 0 Å². The predicted molar refractivity (Wildman–Crippen MR) is 74.8 cm³/mol. The van der Waals surface area contributed by atoms with Crippen molar-refractivity contribution in [3.05, 3.63) is 22.4 Å². The van der Waals surface area contributed by atoms with Crippen molar-refractivity contribution in [3.63, 3.8) is 0 Å². The van der Waals surface area contributed by atoms with Gasteiger partial charge in [0.05, 0.1) is 11.7 Å². The highest BCUT2D eigenvalue weighted by atomic mass is 32.1. The summed E-state index contributed by atoms with van der Waals surface area (Å²) >= 11 is 1.70. The largest absolute Gasteiger partial charge is 0.388 e. The predicted octanol–water partition coefficient (Wildman–Crippen LogP) is 2.40. The Balaban J connectivity index is 1.82. The second-order valence-electron chi connectivity index (χ2n) is 5.64. The molecule has 0 bridgehead atoms. The second kappa shape index (κ2) is 5.29. The van der Waals surface area contributed by atoms with Crippen LogP contribution in [0.1, 0.15) is 32.8 Å². The van der Waals surface area contributed by atoms with Gasteiger partial charge in [0.15, 0.2) is 0 Å². The van der Waals surface area contributed by atoms with Crippen LogP contribution >= 0.6 is 11.3 Å². The summed E-state index contributed by atoms with van der Waals surface area (Å²) in [4.78, 5) is 0. The van der Waals surface area contributed by atoms with Crippen LogP contribution in [-0.2, 0) is 11.3 Å². The third kappa shape index (κ3) is 2.48. The molecule has 0 aliphatic heterocycles. The van der Waals surface area contributed by atoms with Crippen molar-refractivity contribution in [1.82, 2.24) is 5.32 Å². The fourth-order valence-corrected chi connectivity index (χ4v) is 3.24. The van der Waals surface area contributed by atoms with Gasteiger partial charge in [0.25, 0.3) is 0 Å². The molecular formula is C14H23NO2S. The van der Waals surface area contributed by atoms with E-state index in [0.717, 1.165) is 13.0 Å². The molecule has 3 nitrogen and oxygen atoms in total. The molecule has 0 aromatic carbocycles. The highest BCUT2D eigenvalue weighted by Gasteiger charge is 2.59. The Hall–Kier alpha value is -0.420. The van der Waals surface area contributed by atoms with Gasteiger partial charge in [-0.05, 0) is 29.3 Å². The van der Waals surface area contributed by atoms with Gasteiger partial charge in [0.2, 0.25) is 0 Å². The summed E-state index contributed by atoms with van der Waals surface area (Å²) in [6.07, 6.45) is 0.903. The number of rotatable bonds is 6. The lowest BCUT2D eigenvalue weighted by atomic mass is 9.56. The van der Waals surface area contributed by atoms with Crippen LogP contribution in [0.15, 0.2) is 16.8 Å². The molecule has 1 aliphatic carbocycles. The molecule has 0 saturated heterocycles. The van der Waals surface area contributed by atoms with E-state index in [1.165, 1.54) is 5.56 Å². The molecule has 1 aromatic heterocycles. The van der Waals surface area contributed by atoms with Crippen molar-refractivity contribution in [2.75, 3.05) is 13.2 Å². The second-order valence-corrected chi connectivity index (χ2v) is 6.42. The summed E-state index contributed by atoms with van der Waals surface area (Å²) in [5.41, 5.74) is 0.454. The van der Waals surface area contributed by atoms with Crippen molar-refractivity contribution in [1.29, 1.82) is 0 Å². The molecule has 1 aromatic rings. The zero-order valence-electron chi connectivity index (χ0n) is 11.4. The van der Waals surface area contributed by atoms with Crippen molar-refractivity contribution in [3.8, 4) is 0 Å². The van der Waals surface area contributed by atoms with Crippen LogP contribution < -0.4 is 5.32 Å². The van der Waals surface area contributed by atoms with Crippen LogP contribution in [0.25, 0.3) is 0 Å². The maximum Gasteiger partial charge on any atom is 0.0871 e. The first-order valence-corrected chi connectivity index (χ1v) is 7.49. The lowest BCUT2D eigenvalue weighted by Gasteiger charge is -2.58. The smallest absolute Gasteiger partial charge is 0.0871 e. The van der Waals surface area contributed by atoms with Gasteiger partial charge in [-0.2, -0.15) is 11.3 Å². The number of hydrogen-bond donors (Lipinski definition) is 2. The Morgan fingerprint density at radius 3 is 2.89 bits per heavy atom. The standard InChI is InChI=1S/C14H23NO2S/c1-4-17-12-7-14(16,13(12,2)3)10-15-8-11-5-6-18-9-11/h5-6,9,12,15-16H,4,7-8,10H2,1-3H3/t12-,14+/m1/s1. The number of nitrogens with one attached hydrogen (secondary N) is 1. The maximum absolute atomic E-state index is 10.6. The van der Waals surface area contributed by atoms with Crippen molar-refractivity contribution < 1.29 is 9.84 Å². The Labute approximate surface area is 113 Å². The van der Waals surface area contributed by atoms with E-state index in [-0.39, 0.29) is 11.5 Å². The van der Waals surface area contributed by atoms with E-state index < -0.39 is 5.60 Å². The van der Waals surface area contributed by atoms with Crippen LogP contribution in [0.4, 0.5) is 0 Å². The molecule has 0 amide bonds. The molecule has 0 unspecified atom stereocenters. The molecule has 1 fully saturated rings. The summed E-state index contributed by atoms with van der Waals surface area (Å²) in [6.45, 7) is 8.33. The fourth-order valence-electron chi connectivity index (χ4n) is 2.57. The maximum atomic E-state index is 10.6. The minimum Gasteiger partial charge on any atom is -0.388 e. The summed E-state index contributed by atoms with van der Waals surface area (Å²) in [6, 6.07) is 2.11. The zero-order chi connectivity index (χ0) is 13.2. The Bertz CT molecular complexity index is 377. The molecule has 2 rings (SSSR count). The van der Waals surface area contributed by atoms with E-state index in [4.69, 9.17) is 4.74 Å². The molecule has 1 heterocycles. The zero-order valence-corrected chi connectivity index (χ0v) is 12.2. The van der Waals surface area contributed by atoms with Gasteiger partial charge in [-0.25, -0.2) is 0 Å². The summed E-state index contributed by atoms with van der Waals surface area (Å²) < 4.78 is 5.65. The topological polar surface area (TPSA) is 41.5 Å². The quantitative estimate of drug-likeness (QED) is 0.833. The van der Waals surface area contributed by atoms with Crippen molar-refractivity contribution in [2.24, 2.45) is 5.41 Å². The minimum absolute atomic E-state index is 0.176. The lowest BCUT2D eigenvalue weighted by Crippen LogP contribution is -2.68. The molecule has 102 valence electrons. The first-order valence-electron chi connectivity index (χ1n) is 6.55. The van der Waals surface area contributed by atoms with Gasteiger partial charge in [-0.1, -0.05) is 13.8 Å². The van der Waals surface area contributed by atoms with Crippen molar-refractivity contribution >= 4 is 11.3 Å². The van der Waals surface area contributed by atoms with Gasteiger partial charge in [-0.15, -0.1) is 0 Å². The first kappa shape index (κ1) is 14.0. The van der Waals surface area contributed by atoms with Gasteiger partial charge in [-0.3, -0.25) is 0 Å². The van der Waals surface area contributed by atoms with Crippen LogP contribution in [-0.4, -0.2) is 30.0 Å². The molecule has 0 spiro atoms.